The van der Waals surface area contributed by atoms with Gasteiger partial charge in [-0.05, 0) is 67.8 Å². The molecule has 2 aromatic rings. The van der Waals surface area contributed by atoms with Gasteiger partial charge in [0, 0.05) is 11.1 Å². The van der Waals surface area contributed by atoms with Crippen LogP contribution in [0.5, 0.6) is 11.5 Å². The Morgan fingerprint density at radius 3 is 1.65 bits per heavy atom. The highest BCUT2D eigenvalue weighted by Crippen LogP contribution is 2.15. The monoisotopic (exact) mass is 460 g/mol. The van der Waals surface area contributed by atoms with Crippen molar-refractivity contribution in [1.82, 2.24) is 0 Å². The predicted molar refractivity (Wildman–Crippen MR) is 146 cm³/mol. The summed E-state index contributed by atoms with van der Waals surface area (Å²) in [6, 6.07) is 16.1. The Kier molecular flexibility index (Phi) is 15.2. The highest BCUT2D eigenvalue weighted by molar-refractivity contribution is 5.45. The second kappa shape index (κ2) is 18.7. The highest BCUT2D eigenvalue weighted by Gasteiger charge is 1.96. The van der Waals surface area contributed by atoms with Gasteiger partial charge in [-0.1, -0.05) is 95.6 Å². The molecular formula is C32H44O2. The van der Waals surface area contributed by atoms with Gasteiger partial charge in [0.05, 0.1) is 6.61 Å². The van der Waals surface area contributed by atoms with E-state index in [0.29, 0.717) is 6.61 Å². The first-order valence-corrected chi connectivity index (χ1v) is 13.4. The van der Waals surface area contributed by atoms with Crippen molar-refractivity contribution < 1.29 is 9.47 Å². The number of allylic oxidation sites excluding steroid dienone is 1. The topological polar surface area (TPSA) is 18.5 Å². The zero-order valence-corrected chi connectivity index (χ0v) is 21.5. The summed E-state index contributed by atoms with van der Waals surface area (Å²) in [6.07, 6.45) is 19.8. The van der Waals surface area contributed by atoms with Crippen molar-refractivity contribution >= 4 is 0 Å². The van der Waals surface area contributed by atoms with Gasteiger partial charge in [0.15, 0.2) is 0 Å². The molecule has 0 atom stereocenters. The maximum Gasteiger partial charge on any atom is 0.119 e. The number of rotatable bonds is 17. The van der Waals surface area contributed by atoms with Crippen molar-refractivity contribution in [3.63, 3.8) is 0 Å². The van der Waals surface area contributed by atoms with Gasteiger partial charge in [-0.15, -0.1) is 0 Å². The number of ether oxygens (including phenoxy) is 2. The van der Waals surface area contributed by atoms with Crippen LogP contribution in [-0.2, 0) is 0 Å². The summed E-state index contributed by atoms with van der Waals surface area (Å²) in [7, 11) is 0. The molecule has 2 aromatic carbocycles. The first-order chi connectivity index (χ1) is 16.8. The van der Waals surface area contributed by atoms with Crippen LogP contribution in [0.4, 0.5) is 0 Å². The first kappa shape index (κ1) is 27.6. The molecule has 184 valence electrons. The summed E-state index contributed by atoms with van der Waals surface area (Å²) in [5.41, 5.74) is 1.98. The maximum absolute atomic E-state index is 5.88. The lowest BCUT2D eigenvalue weighted by Gasteiger charge is -2.06. The summed E-state index contributed by atoms with van der Waals surface area (Å²) >= 11 is 0. The molecule has 0 unspecified atom stereocenters. The van der Waals surface area contributed by atoms with Crippen molar-refractivity contribution in [2.45, 2.75) is 90.9 Å². The van der Waals surface area contributed by atoms with Gasteiger partial charge in [0.1, 0.15) is 18.1 Å². The van der Waals surface area contributed by atoms with Crippen LogP contribution in [0.2, 0.25) is 0 Å². The Morgan fingerprint density at radius 1 is 0.559 bits per heavy atom. The Labute approximate surface area is 208 Å². The van der Waals surface area contributed by atoms with E-state index in [-0.39, 0.29) is 0 Å². The molecule has 2 rings (SSSR count). The van der Waals surface area contributed by atoms with Crippen LogP contribution < -0.4 is 9.47 Å². The van der Waals surface area contributed by atoms with E-state index >= 15 is 0 Å². The molecule has 0 spiro atoms. The number of hydrogen-bond acceptors (Lipinski definition) is 2. The van der Waals surface area contributed by atoms with Gasteiger partial charge in [-0.25, -0.2) is 0 Å². The minimum atomic E-state index is 0.616. The van der Waals surface area contributed by atoms with Crippen LogP contribution in [0.3, 0.4) is 0 Å². The largest absolute Gasteiger partial charge is 0.494 e. The van der Waals surface area contributed by atoms with E-state index < -0.39 is 0 Å². The molecule has 34 heavy (non-hydrogen) atoms. The fraction of sp³-hybridized carbons (Fsp3) is 0.500. The average molecular weight is 461 g/mol. The third-order valence-electron chi connectivity index (χ3n) is 5.81. The first-order valence-electron chi connectivity index (χ1n) is 13.4. The van der Waals surface area contributed by atoms with Gasteiger partial charge in [-0.2, -0.15) is 0 Å². The van der Waals surface area contributed by atoms with E-state index in [0.717, 1.165) is 42.1 Å². The number of benzene rings is 2. The SMILES string of the molecule is CCCCCC=CCOc1ccc(C#Cc2ccc(OCCCCCCCCCC)cc2)cc1. The molecule has 0 radical (unpaired) electrons. The predicted octanol–water partition coefficient (Wildman–Crippen LogP) is 9.12. The second-order valence-electron chi connectivity index (χ2n) is 8.90. The molecule has 0 aromatic heterocycles. The summed E-state index contributed by atoms with van der Waals surface area (Å²) in [5.74, 6) is 8.26. The second-order valence-corrected chi connectivity index (χ2v) is 8.90. The normalized spacial score (nSPS) is 10.8. The lowest BCUT2D eigenvalue weighted by molar-refractivity contribution is 0.304. The third kappa shape index (κ3) is 13.1. The summed E-state index contributed by atoms with van der Waals surface area (Å²) in [6.45, 7) is 5.90. The molecule has 0 aliphatic carbocycles. The Hall–Kier alpha value is -2.66. The Morgan fingerprint density at radius 2 is 1.06 bits per heavy atom. The van der Waals surface area contributed by atoms with Crippen molar-refractivity contribution in [3.05, 3.63) is 71.8 Å². The van der Waals surface area contributed by atoms with E-state index in [9.17, 15) is 0 Å². The zero-order valence-electron chi connectivity index (χ0n) is 21.5. The molecule has 0 aliphatic heterocycles. The highest BCUT2D eigenvalue weighted by atomic mass is 16.5. The Bertz CT molecular complexity index is 837. The molecule has 0 amide bonds. The molecule has 0 fully saturated rings. The van der Waals surface area contributed by atoms with Crippen LogP contribution in [0, 0.1) is 11.8 Å². The van der Waals surface area contributed by atoms with Gasteiger partial charge in [0.25, 0.3) is 0 Å². The van der Waals surface area contributed by atoms with Crippen LogP contribution >= 0.6 is 0 Å². The van der Waals surface area contributed by atoms with E-state index in [2.05, 4.69) is 37.8 Å². The third-order valence-corrected chi connectivity index (χ3v) is 5.81. The minimum Gasteiger partial charge on any atom is -0.494 e. The zero-order chi connectivity index (χ0) is 24.1. The Balaban J connectivity index is 1.64. The number of hydrogen-bond donors (Lipinski definition) is 0. The van der Waals surface area contributed by atoms with Gasteiger partial charge < -0.3 is 9.47 Å². The lowest BCUT2D eigenvalue weighted by Crippen LogP contribution is -1.97. The molecule has 2 nitrogen and oxygen atoms in total. The van der Waals surface area contributed by atoms with Crippen molar-refractivity contribution in [2.75, 3.05) is 13.2 Å². The van der Waals surface area contributed by atoms with E-state index in [1.165, 1.54) is 64.2 Å². The van der Waals surface area contributed by atoms with E-state index in [4.69, 9.17) is 9.47 Å². The van der Waals surface area contributed by atoms with Gasteiger partial charge in [0.2, 0.25) is 0 Å². The number of unbranched alkanes of at least 4 members (excludes halogenated alkanes) is 10. The minimum absolute atomic E-state index is 0.616. The quantitative estimate of drug-likeness (QED) is 0.133. The van der Waals surface area contributed by atoms with Gasteiger partial charge >= 0.3 is 0 Å². The summed E-state index contributed by atoms with van der Waals surface area (Å²) in [4.78, 5) is 0. The summed E-state index contributed by atoms with van der Waals surface area (Å²) < 4.78 is 11.6. The lowest BCUT2D eigenvalue weighted by atomic mass is 10.1. The summed E-state index contributed by atoms with van der Waals surface area (Å²) in [5, 5.41) is 0. The fourth-order valence-electron chi connectivity index (χ4n) is 3.68. The molecule has 0 saturated heterocycles. The average Bonchev–Trinajstić information content (AvgIpc) is 2.87. The molecule has 0 N–H and O–H groups in total. The van der Waals surface area contributed by atoms with Crippen LogP contribution in [0.1, 0.15) is 102 Å². The molecule has 2 heteroatoms. The molecular weight excluding hydrogens is 416 g/mol. The van der Waals surface area contributed by atoms with Crippen molar-refractivity contribution in [2.24, 2.45) is 0 Å². The van der Waals surface area contributed by atoms with E-state index in [1.54, 1.807) is 0 Å². The van der Waals surface area contributed by atoms with Crippen molar-refractivity contribution in [3.8, 4) is 23.3 Å². The molecule has 0 aliphatic rings. The fourth-order valence-corrected chi connectivity index (χ4v) is 3.68. The molecule has 0 saturated carbocycles. The van der Waals surface area contributed by atoms with Crippen LogP contribution in [0.25, 0.3) is 0 Å². The smallest absolute Gasteiger partial charge is 0.119 e. The van der Waals surface area contributed by atoms with E-state index in [1.807, 2.05) is 48.5 Å². The van der Waals surface area contributed by atoms with Gasteiger partial charge in [-0.3, -0.25) is 0 Å². The van der Waals surface area contributed by atoms with Crippen LogP contribution in [0.15, 0.2) is 60.7 Å². The van der Waals surface area contributed by atoms with Crippen molar-refractivity contribution in [1.29, 1.82) is 0 Å². The standard InChI is InChI=1S/C32H44O2/c1-3-5-7-9-11-12-14-16-28-34-32-25-21-30(22-26-32)18-17-29-19-23-31(24-20-29)33-27-15-13-10-8-6-4-2/h13,15,19-26H,3-12,14,16,27-28H2,1-2H3. The molecule has 0 heterocycles. The van der Waals surface area contributed by atoms with Crippen LogP contribution in [-0.4, -0.2) is 13.2 Å². The molecule has 0 bridgehead atoms. The maximum atomic E-state index is 5.88.